The fourth-order valence-corrected chi connectivity index (χ4v) is 3.04. The summed E-state index contributed by atoms with van der Waals surface area (Å²) in [5.41, 5.74) is -0.0634. The summed E-state index contributed by atoms with van der Waals surface area (Å²) >= 11 is 0. The van der Waals surface area contributed by atoms with Crippen LogP contribution < -0.4 is 18.9 Å². The van der Waals surface area contributed by atoms with Gasteiger partial charge in [-0.05, 0) is 12.1 Å². The average Bonchev–Trinajstić information content (AvgIpc) is 2.92. The zero-order valence-corrected chi connectivity index (χ0v) is 19.7. The van der Waals surface area contributed by atoms with E-state index in [0.29, 0.717) is 23.7 Å². The molecule has 2 aromatic rings. The Hall–Kier alpha value is -4.66. The van der Waals surface area contributed by atoms with Crippen molar-refractivity contribution in [3.63, 3.8) is 0 Å². The van der Waals surface area contributed by atoms with Gasteiger partial charge in [0.15, 0.2) is 35.2 Å². The fraction of sp³-hybridized carbons (Fsp3) is 0.391. The van der Waals surface area contributed by atoms with Crippen molar-refractivity contribution < 1.29 is 39.0 Å². The van der Waals surface area contributed by atoms with Crippen molar-refractivity contribution in [2.24, 2.45) is 0 Å². The smallest absolute Gasteiger partial charge is 0.277 e. The SMILES string of the molecule is CCC#N.N#CCc1c([N+](=O)[O-])ccc2c1OC(CO)CO2.O=[N+]([O-])c1ccc2c(c1)OC(CO)CO2. The lowest BCUT2D eigenvalue weighted by molar-refractivity contribution is -0.385. The van der Waals surface area contributed by atoms with Crippen molar-refractivity contribution >= 4 is 11.4 Å². The molecule has 37 heavy (non-hydrogen) atoms. The van der Waals surface area contributed by atoms with E-state index in [2.05, 4.69) is 0 Å². The number of nitriles is 2. The van der Waals surface area contributed by atoms with Gasteiger partial charge in [0.2, 0.25) is 0 Å². The first-order valence-electron chi connectivity index (χ1n) is 10.9. The molecule has 0 aliphatic carbocycles. The minimum atomic E-state index is -0.572. The van der Waals surface area contributed by atoms with Gasteiger partial charge in [-0.15, -0.1) is 0 Å². The molecular formula is C23H24N4O10. The quantitative estimate of drug-likeness (QED) is 0.433. The van der Waals surface area contributed by atoms with Gasteiger partial charge in [-0.25, -0.2) is 0 Å². The van der Waals surface area contributed by atoms with Gasteiger partial charge < -0.3 is 29.2 Å². The second kappa shape index (κ2) is 14.0. The highest BCUT2D eigenvalue weighted by Crippen LogP contribution is 2.40. The van der Waals surface area contributed by atoms with Crippen LogP contribution in [0.15, 0.2) is 30.3 Å². The molecule has 0 radical (unpaired) electrons. The summed E-state index contributed by atoms with van der Waals surface area (Å²) in [6.45, 7) is 1.81. The van der Waals surface area contributed by atoms with Crippen molar-refractivity contribution in [1.29, 1.82) is 10.5 Å². The summed E-state index contributed by atoms with van der Waals surface area (Å²) in [7, 11) is 0. The lowest BCUT2D eigenvalue weighted by Gasteiger charge is -2.26. The van der Waals surface area contributed by atoms with Gasteiger partial charge in [0, 0.05) is 18.6 Å². The molecule has 0 amide bonds. The van der Waals surface area contributed by atoms with Gasteiger partial charge in [-0.2, -0.15) is 10.5 Å². The van der Waals surface area contributed by atoms with Crippen molar-refractivity contribution in [1.82, 2.24) is 0 Å². The second-order valence-corrected chi connectivity index (χ2v) is 7.35. The molecule has 4 rings (SSSR count). The largest absolute Gasteiger partial charge is 0.486 e. The Kier molecular flexibility index (Phi) is 10.8. The molecule has 0 bridgehead atoms. The average molecular weight is 516 g/mol. The monoisotopic (exact) mass is 516 g/mol. The number of rotatable bonds is 5. The number of nitro groups is 2. The van der Waals surface area contributed by atoms with Crippen molar-refractivity contribution in [3.05, 3.63) is 56.1 Å². The highest BCUT2D eigenvalue weighted by Gasteiger charge is 2.28. The Morgan fingerprint density at radius 2 is 1.51 bits per heavy atom. The topological polar surface area (TPSA) is 211 Å². The number of nitrogens with zero attached hydrogens (tertiary/aromatic N) is 4. The molecule has 0 spiro atoms. The van der Waals surface area contributed by atoms with Gasteiger partial charge in [0.05, 0.1) is 53.2 Å². The molecule has 2 aliphatic rings. The molecule has 2 aromatic carbocycles. The number of nitro benzene ring substituents is 2. The van der Waals surface area contributed by atoms with Crippen LogP contribution in [-0.2, 0) is 6.42 Å². The molecule has 14 heteroatoms. The fourth-order valence-electron chi connectivity index (χ4n) is 3.04. The Bertz CT molecular complexity index is 1190. The van der Waals surface area contributed by atoms with Crippen molar-refractivity contribution in [2.45, 2.75) is 32.0 Å². The minimum Gasteiger partial charge on any atom is -0.486 e. The highest BCUT2D eigenvalue weighted by atomic mass is 16.6. The first-order chi connectivity index (χ1) is 17.8. The number of aliphatic hydroxyl groups is 2. The van der Waals surface area contributed by atoms with Crippen LogP contribution in [0.3, 0.4) is 0 Å². The van der Waals surface area contributed by atoms with Gasteiger partial charge in [0.25, 0.3) is 11.4 Å². The molecule has 0 aromatic heterocycles. The Morgan fingerprint density at radius 3 is 2.05 bits per heavy atom. The van der Waals surface area contributed by atoms with E-state index >= 15 is 0 Å². The van der Waals surface area contributed by atoms with E-state index < -0.39 is 22.1 Å². The predicted octanol–water partition coefficient (Wildman–Crippen LogP) is 2.44. The van der Waals surface area contributed by atoms with Crippen LogP contribution in [-0.4, -0.2) is 58.7 Å². The number of hydrogen-bond acceptors (Lipinski definition) is 12. The van der Waals surface area contributed by atoms with Crippen molar-refractivity contribution in [2.75, 3.05) is 26.4 Å². The van der Waals surface area contributed by atoms with E-state index in [9.17, 15) is 20.2 Å². The number of aliphatic hydroxyl groups excluding tert-OH is 2. The van der Waals surface area contributed by atoms with Gasteiger partial charge >= 0.3 is 0 Å². The maximum Gasteiger partial charge on any atom is 0.277 e. The second-order valence-electron chi connectivity index (χ2n) is 7.35. The van der Waals surface area contributed by atoms with E-state index in [-0.39, 0.29) is 55.5 Å². The molecule has 2 atom stereocenters. The number of fused-ring (bicyclic) bond motifs is 2. The van der Waals surface area contributed by atoms with E-state index in [1.54, 1.807) is 0 Å². The normalized spacial score (nSPS) is 16.4. The molecule has 196 valence electrons. The molecule has 0 saturated heterocycles. The van der Waals surface area contributed by atoms with E-state index in [1.807, 2.05) is 19.1 Å². The van der Waals surface area contributed by atoms with Crippen LogP contribution in [0, 0.1) is 42.9 Å². The Balaban J connectivity index is 0.000000230. The lowest BCUT2D eigenvalue weighted by atomic mass is 10.1. The number of ether oxygens (including phenoxy) is 4. The van der Waals surface area contributed by atoms with Gasteiger partial charge in [-0.1, -0.05) is 6.92 Å². The molecule has 14 nitrogen and oxygen atoms in total. The summed E-state index contributed by atoms with van der Waals surface area (Å²) in [6.07, 6.45) is -0.558. The number of non-ortho nitro benzene ring substituents is 1. The van der Waals surface area contributed by atoms with Crippen LogP contribution in [0.25, 0.3) is 0 Å². The summed E-state index contributed by atoms with van der Waals surface area (Å²) < 4.78 is 21.3. The molecule has 0 saturated carbocycles. The summed E-state index contributed by atoms with van der Waals surface area (Å²) in [6, 6.07) is 10.6. The van der Waals surface area contributed by atoms with Crippen LogP contribution in [0.2, 0.25) is 0 Å². The minimum absolute atomic E-state index is 0.0593. The van der Waals surface area contributed by atoms with Gasteiger partial charge in [-0.3, -0.25) is 20.2 Å². The first kappa shape index (κ1) is 28.6. The first-order valence-corrected chi connectivity index (χ1v) is 10.9. The van der Waals surface area contributed by atoms with Crippen LogP contribution in [0.1, 0.15) is 18.9 Å². The molecule has 2 N–H and O–H groups in total. The Labute approximate surface area is 211 Å². The van der Waals surface area contributed by atoms with Gasteiger partial charge in [0.1, 0.15) is 13.2 Å². The van der Waals surface area contributed by atoms with E-state index in [4.69, 9.17) is 39.7 Å². The maximum absolute atomic E-state index is 10.9. The summed E-state index contributed by atoms with van der Waals surface area (Å²) in [4.78, 5) is 20.3. The zero-order valence-electron chi connectivity index (χ0n) is 19.7. The highest BCUT2D eigenvalue weighted by molar-refractivity contribution is 5.58. The molecule has 2 aliphatic heterocycles. The molecule has 2 heterocycles. The summed E-state index contributed by atoms with van der Waals surface area (Å²) in [5.74, 6) is 1.30. The van der Waals surface area contributed by atoms with Crippen LogP contribution >= 0.6 is 0 Å². The number of benzene rings is 2. The zero-order chi connectivity index (χ0) is 27.4. The van der Waals surface area contributed by atoms with Crippen molar-refractivity contribution in [3.8, 4) is 35.1 Å². The standard InChI is InChI=1S/C11H10N2O5.C9H9NO5.C3H5N/c12-4-3-8-9(13(15)16)1-2-10-11(8)18-7(5-14)6-17-10;11-4-7-5-14-8-2-1-6(10(12)13)3-9(8)15-7;1-2-3-4/h1-2,7,14H,3,5-6H2;1-3,7,11H,4-5H2;2H2,1H3. The van der Waals surface area contributed by atoms with E-state index in [1.165, 1.54) is 30.3 Å². The predicted molar refractivity (Wildman–Crippen MR) is 125 cm³/mol. The third kappa shape index (κ3) is 7.66. The number of hydrogen-bond donors (Lipinski definition) is 2. The third-order valence-corrected chi connectivity index (χ3v) is 4.78. The molecular weight excluding hydrogens is 492 g/mol. The molecule has 0 fully saturated rings. The summed E-state index contributed by atoms with van der Waals surface area (Å²) in [5, 5.41) is 55.6. The lowest BCUT2D eigenvalue weighted by Crippen LogP contribution is -2.32. The van der Waals surface area contributed by atoms with Crippen LogP contribution in [0.5, 0.6) is 23.0 Å². The van der Waals surface area contributed by atoms with E-state index in [0.717, 1.165) is 0 Å². The maximum atomic E-state index is 10.9. The third-order valence-electron chi connectivity index (χ3n) is 4.78. The Morgan fingerprint density at radius 1 is 0.919 bits per heavy atom. The molecule has 2 unspecified atom stereocenters. The van der Waals surface area contributed by atoms with Crippen LogP contribution in [0.4, 0.5) is 11.4 Å².